The standard InChI is InChI=1S/C66H45N7/c1-40-15-14-34-67-63(40)51-30-32-60(69-42(51)3)48-35-47(59-38-45-18-6-9-23-54(45)57-24-10-11-25-58(57)59)36-49(37-48)64-71-65(61-31-28-46(39-68-61)55-26-12-19-43-16-4-7-21-52(43)55)73-66(72-64)62-33-29-50(41(2)70-62)56-27-13-20-44-17-5-8-22-53(44)56/h4-39H,1-3H3. The zero-order valence-electron chi connectivity index (χ0n) is 40.4. The summed E-state index contributed by atoms with van der Waals surface area (Å²) in [4.78, 5) is 36.1. The van der Waals surface area contributed by atoms with Crippen LogP contribution >= 0.6 is 0 Å². The molecule has 0 aliphatic heterocycles. The molecule has 0 aliphatic carbocycles. The van der Waals surface area contributed by atoms with Gasteiger partial charge in [-0.05, 0) is 146 Å². The van der Waals surface area contributed by atoms with E-state index in [1.54, 1.807) is 0 Å². The van der Waals surface area contributed by atoms with Gasteiger partial charge in [0.15, 0.2) is 17.5 Å². The summed E-state index contributed by atoms with van der Waals surface area (Å²) in [6, 6.07) is 72.3. The van der Waals surface area contributed by atoms with Crippen LogP contribution in [0.1, 0.15) is 17.0 Å². The van der Waals surface area contributed by atoms with Gasteiger partial charge in [0.1, 0.15) is 11.4 Å². The summed E-state index contributed by atoms with van der Waals surface area (Å²) >= 11 is 0. The molecular weight excluding hydrogens is 891 g/mol. The van der Waals surface area contributed by atoms with Gasteiger partial charge in [-0.15, -0.1) is 0 Å². The Kier molecular flexibility index (Phi) is 10.7. The van der Waals surface area contributed by atoms with Crippen molar-refractivity contribution in [2.45, 2.75) is 20.8 Å². The Morgan fingerprint density at radius 2 is 0.849 bits per heavy atom. The first-order valence-electron chi connectivity index (χ1n) is 24.5. The second kappa shape index (κ2) is 18.0. The van der Waals surface area contributed by atoms with Crippen LogP contribution in [0.4, 0.5) is 0 Å². The summed E-state index contributed by atoms with van der Waals surface area (Å²) in [6.45, 7) is 6.19. The summed E-state index contributed by atoms with van der Waals surface area (Å²) in [6.07, 6.45) is 3.75. The topological polar surface area (TPSA) is 90.2 Å². The van der Waals surface area contributed by atoms with Gasteiger partial charge in [0.2, 0.25) is 0 Å². The zero-order valence-corrected chi connectivity index (χ0v) is 40.4. The van der Waals surface area contributed by atoms with Gasteiger partial charge in [-0.25, -0.2) is 19.9 Å². The molecule has 73 heavy (non-hydrogen) atoms. The first kappa shape index (κ1) is 43.4. The molecule has 0 fully saturated rings. The predicted octanol–water partition coefficient (Wildman–Crippen LogP) is 16.3. The second-order valence-corrected chi connectivity index (χ2v) is 18.6. The highest BCUT2D eigenvalue weighted by Crippen LogP contribution is 2.40. The van der Waals surface area contributed by atoms with E-state index < -0.39 is 0 Å². The fourth-order valence-electron chi connectivity index (χ4n) is 10.4. The highest BCUT2D eigenvalue weighted by atomic mass is 15.1. The summed E-state index contributed by atoms with van der Waals surface area (Å²) in [5.74, 6) is 1.37. The summed E-state index contributed by atoms with van der Waals surface area (Å²) in [5.41, 5.74) is 15.0. The first-order valence-corrected chi connectivity index (χ1v) is 24.5. The van der Waals surface area contributed by atoms with E-state index in [9.17, 15) is 0 Å². The Labute approximate surface area is 422 Å². The molecule has 344 valence electrons. The fraction of sp³-hybridized carbons (Fsp3) is 0.0455. The van der Waals surface area contributed by atoms with E-state index in [1.165, 1.54) is 32.3 Å². The molecule has 0 aliphatic rings. The SMILES string of the molecule is Cc1cccnc1-c1ccc(-c2cc(-c3nc(-c4ccc(-c5cccc6ccccc56)cn4)nc(-c4ccc(-c5cccc6ccccc56)c(C)n4)n3)cc(-c3cc4ccccc4c4ccccc34)c2)nc1C. The third kappa shape index (κ3) is 7.94. The lowest BCUT2D eigenvalue weighted by Gasteiger charge is -2.15. The van der Waals surface area contributed by atoms with Gasteiger partial charge in [-0.3, -0.25) is 15.0 Å². The van der Waals surface area contributed by atoms with E-state index in [4.69, 9.17) is 34.9 Å². The molecular formula is C66H45N7. The molecule has 0 amide bonds. The molecule has 7 heteroatoms. The van der Waals surface area contributed by atoms with Crippen LogP contribution in [-0.2, 0) is 0 Å². The number of aryl methyl sites for hydroxylation is 3. The van der Waals surface area contributed by atoms with Crippen molar-refractivity contribution < 1.29 is 0 Å². The van der Waals surface area contributed by atoms with Crippen molar-refractivity contribution in [1.29, 1.82) is 0 Å². The Balaban J connectivity index is 1.01. The molecule has 7 nitrogen and oxygen atoms in total. The molecule has 0 bridgehead atoms. The molecule has 0 saturated heterocycles. The second-order valence-electron chi connectivity index (χ2n) is 18.6. The minimum absolute atomic E-state index is 0.439. The monoisotopic (exact) mass is 935 g/mol. The first-order chi connectivity index (χ1) is 35.9. The van der Waals surface area contributed by atoms with Crippen molar-refractivity contribution in [1.82, 2.24) is 34.9 Å². The quantitative estimate of drug-likeness (QED) is 0.140. The third-order valence-corrected chi connectivity index (χ3v) is 14.0. The Morgan fingerprint density at radius 3 is 1.58 bits per heavy atom. The number of hydrogen-bond acceptors (Lipinski definition) is 7. The van der Waals surface area contributed by atoms with Crippen LogP contribution in [0, 0.1) is 20.8 Å². The lowest BCUT2D eigenvalue weighted by molar-refractivity contribution is 1.04. The lowest BCUT2D eigenvalue weighted by atomic mass is 9.91. The molecule has 5 heterocycles. The highest BCUT2D eigenvalue weighted by Gasteiger charge is 2.20. The van der Waals surface area contributed by atoms with Crippen molar-refractivity contribution in [3.05, 3.63) is 236 Å². The fourth-order valence-corrected chi connectivity index (χ4v) is 10.4. The molecule has 0 saturated carbocycles. The van der Waals surface area contributed by atoms with Gasteiger partial charge in [-0.2, -0.15) is 0 Å². The molecule has 0 radical (unpaired) electrons. The van der Waals surface area contributed by atoms with Gasteiger partial charge in [0.25, 0.3) is 0 Å². The van der Waals surface area contributed by atoms with E-state index in [2.05, 4.69) is 209 Å². The van der Waals surface area contributed by atoms with Crippen molar-refractivity contribution >= 4 is 43.1 Å². The maximum Gasteiger partial charge on any atom is 0.182 e. The van der Waals surface area contributed by atoms with E-state index in [1.807, 2.05) is 30.6 Å². The number of benzene rings is 8. The molecule has 0 atom stereocenters. The molecule has 0 N–H and O–H groups in total. The van der Waals surface area contributed by atoms with Gasteiger partial charge in [-0.1, -0.05) is 152 Å². The molecule has 13 rings (SSSR count). The van der Waals surface area contributed by atoms with Gasteiger partial charge in [0.05, 0.1) is 11.4 Å². The number of hydrogen-bond donors (Lipinski definition) is 0. The zero-order chi connectivity index (χ0) is 49.0. The highest BCUT2D eigenvalue weighted by molar-refractivity contribution is 6.14. The number of aromatic nitrogens is 7. The summed E-state index contributed by atoms with van der Waals surface area (Å²) < 4.78 is 0. The van der Waals surface area contributed by atoms with E-state index >= 15 is 0 Å². The van der Waals surface area contributed by atoms with Crippen LogP contribution in [0.15, 0.2) is 219 Å². The van der Waals surface area contributed by atoms with Crippen molar-refractivity contribution in [2.75, 3.05) is 0 Å². The minimum atomic E-state index is 0.439. The predicted molar refractivity (Wildman–Crippen MR) is 299 cm³/mol. The lowest BCUT2D eigenvalue weighted by Crippen LogP contribution is -2.03. The molecule has 0 unspecified atom stereocenters. The third-order valence-electron chi connectivity index (χ3n) is 14.0. The van der Waals surface area contributed by atoms with E-state index in [0.29, 0.717) is 28.9 Å². The number of fused-ring (bicyclic) bond motifs is 5. The van der Waals surface area contributed by atoms with E-state index in [-0.39, 0.29) is 0 Å². The largest absolute Gasteiger partial charge is 0.256 e. The van der Waals surface area contributed by atoms with Crippen LogP contribution in [0.25, 0.3) is 133 Å². The molecule has 13 aromatic rings. The Morgan fingerprint density at radius 1 is 0.288 bits per heavy atom. The smallest absolute Gasteiger partial charge is 0.182 e. The Hall–Kier alpha value is -9.59. The van der Waals surface area contributed by atoms with Crippen molar-refractivity contribution in [3.8, 4) is 90.3 Å². The van der Waals surface area contributed by atoms with Gasteiger partial charge in [0, 0.05) is 51.6 Å². The molecule has 5 aromatic heterocycles. The Bertz CT molecular complexity index is 4300. The average molecular weight is 936 g/mol. The molecule has 8 aromatic carbocycles. The van der Waals surface area contributed by atoms with Crippen LogP contribution in [-0.4, -0.2) is 34.9 Å². The molecule has 0 spiro atoms. The normalized spacial score (nSPS) is 11.5. The van der Waals surface area contributed by atoms with Crippen molar-refractivity contribution in [2.24, 2.45) is 0 Å². The summed E-state index contributed by atoms with van der Waals surface area (Å²) in [5, 5.41) is 9.38. The van der Waals surface area contributed by atoms with E-state index in [0.717, 1.165) is 89.2 Å². The average Bonchev–Trinajstić information content (AvgIpc) is 3.44. The van der Waals surface area contributed by atoms with Crippen LogP contribution in [0.3, 0.4) is 0 Å². The van der Waals surface area contributed by atoms with Crippen LogP contribution in [0.5, 0.6) is 0 Å². The maximum absolute atomic E-state index is 5.31. The number of pyridine rings is 4. The number of rotatable bonds is 8. The van der Waals surface area contributed by atoms with Crippen LogP contribution in [0.2, 0.25) is 0 Å². The maximum atomic E-state index is 5.31. The van der Waals surface area contributed by atoms with Gasteiger partial charge >= 0.3 is 0 Å². The van der Waals surface area contributed by atoms with Gasteiger partial charge < -0.3 is 0 Å². The minimum Gasteiger partial charge on any atom is -0.256 e. The van der Waals surface area contributed by atoms with Crippen LogP contribution < -0.4 is 0 Å². The number of nitrogens with zero attached hydrogens (tertiary/aromatic N) is 7. The van der Waals surface area contributed by atoms with Crippen molar-refractivity contribution in [3.63, 3.8) is 0 Å². The summed E-state index contributed by atoms with van der Waals surface area (Å²) in [7, 11) is 0.